The molecule has 0 fully saturated rings. The summed E-state index contributed by atoms with van der Waals surface area (Å²) in [6.07, 6.45) is 3.86. The van der Waals surface area contributed by atoms with Gasteiger partial charge in [0.25, 0.3) is 0 Å². The highest BCUT2D eigenvalue weighted by molar-refractivity contribution is 6.37. The van der Waals surface area contributed by atoms with Gasteiger partial charge < -0.3 is 23.9 Å². The molecule has 0 aliphatic rings. The van der Waals surface area contributed by atoms with Crippen LogP contribution in [0.1, 0.15) is 31.9 Å². The summed E-state index contributed by atoms with van der Waals surface area (Å²) in [4.78, 5) is 15.5. The fourth-order valence-corrected chi connectivity index (χ4v) is 4.28. The third kappa shape index (κ3) is 7.53. The summed E-state index contributed by atoms with van der Waals surface area (Å²) in [5, 5.41) is 10.3. The van der Waals surface area contributed by atoms with Gasteiger partial charge in [-0.25, -0.2) is 4.98 Å². The maximum Gasteiger partial charge on any atom is 0.303 e. The van der Waals surface area contributed by atoms with Crippen molar-refractivity contribution in [3.63, 3.8) is 0 Å². The van der Waals surface area contributed by atoms with E-state index in [0.29, 0.717) is 28.1 Å². The zero-order valence-corrected chi connectivity index (χ0v) is 22.6. The highest BCUT2D eigenvalue weighted by Crippen LogP contribution is 2.40. The highest BCUT2D eigenvalue weighted by atomic mass is 35.5. The lowest BCUT2D eigenvalue weighted by Crippen LogP contribution is -2.28. The number of nitrogens with zero attached hydrogens (tertiary/aromatic N) is 2. The molecule has 0 saturated heterocycles. The number of hydrogen-bond donors (Lipinski definition) is 1. The molecule has 0 amide bonds. The number of aliphatic hydroxyl groups excluding tert-OH is 1. The molecule has 7 nitrogen and oxygen atoms in total. The van der Waals surface area contributed by atoms with Crippen LogP contribution in [0.25, 0.3) is 0 Å². The number of aliphatic hydroxyl groups is 1. The maximum atomic E-state index is 11.5. The number of esters is 1. The number of hydrogen-bond acceptors (Lipinski definition) is 6. The lowest BCUT2D eigenvalue weighted by atomic mass is 9.78. The van der Waals surface area contributed by atoms with Crippen molar-refractivity contribution in [2.24, 2.45) is 0 Å². The molecule has 0 unspecified atom stereocenters. The SMILES string of the molecule is CC(=O)O[C@H](COc1ccc(C(C)(C)c2cc(Cl)c(OC[C@H](O)CCl)c(Cl)c2)cc1)Cn1ccnc1. The summed E-state index contributed by atoms with van der Waals surface area (Å²) in [6.45, 7) is 6.13. The van der Waals surface area contributed by atoms with E-state index in [1.165, 1.54) is 6.92 Å². The molecule has 0 bridgehead atoms. The molecular formula is C26H29Cl3N2O5. The van der Waals surface area contributed by atoms with Gasteiger partial charge in [0.05, 0.1) is 28.8 Å². The molecule has 194 valence electrons. The molecule has 1 heterocycles. The predicted octanol–water partition coefficient (Wildman–Crippen LogP) is 5.51. The number of halogens is 3. The largest absolute Gasteiger partial charge is 0.490 e. The first-order chi connectivity index (χ1) is 17.1. The summed E-state index contributed by atoms with van der Waals surface area (Å²) in [6, 6.07) is 11.3. The van der Waals surface area contributed by atoms with E-state index in [2.05, 4.69) is 18.8 Å². The molecule has 1 aromatic heterocycles. The Morgan fingerprint density at radius 2 is 1.75 bits per heavy atom. The Kier molecular flexibility index (Phi) is 9.91. The molecule has 3 rings (SSSR count). The third-order valence-electron chi connectivity index (χ3n) is 5.64. The molecular weight excluding hydrogens is 527 g/mol. The summed E-state index contributed by atoms with van der Waals surface area (Å²) in [7, 11) is 0. The molecule has 36 heavy (non-hydrogen) atoms. The second-order valence-electron chi connectivity index (χ2n) is 8.84. The van der Waals surface area contributed by atoms with E-state index in [1.54, 1.807) is 30.9 Å². The normalized spacial score (nSPS) is 13.2. The summed E-state index contributed by atoms with van der Waals surface area (Å²) >= 11 is 18.5. The van der Waals surface area contributed by atoms with Gasteiger partial charge in [-0.3, -0.25) is 4.79 Å². The zero-order chi connectivity index (χ0) is 26.3. The van der Waals surface area contributed by atoms with Crippen molar-refractivity contribution in [3.05, 3.63) is 76.3 Å². The second kappa shape index (κ2) is 12.7. The van der Waals surface area contributed by atoms with E-state index >= 15 is 0 Å². The first kappa shape index (κ1) is 28.1. The monoisotopic (exact) mass is 554 g/mol. The van der Waals surface area contributed by atoms with E-state index in [0.717, 1.165) is 11.1 Å². The number of rotatable bonds is 12. The van der Waals surface area contributed by atoms with Crippen molar-refractivity contribution in [1.82, 2.24) is 9.55 Å². The molecule has 0 aliphatic heterocycles. The molecule has 0 aliphatic carbocycles. The lowest BCUT2D eigenvalue weighted by molar-refractivity contribution is -0.148. The van der Waals surface area contributed by atoms with E-state index < -0.39 is 17.6 Å². The Balaban J connectivity index is 1.69. The van der Waals surface area contributed by atoms with Crippen LogP contribution in [0, 0.1) is 0 Å². The van der Waals surface area contributed by atoms with Gasteiger partial charge in [-0.2, -0.15) is 0 Å². The van der Waals surface area contributed by atoms with Gasteiger partial charge in [0.2, 0.25) is 0 Å². The number of imidazole rings is 1. The zero-order valence-electron chi connectivity index (χ0n) is 20.3. The molecule has 2 atom stereocenters. The second-order valence-corrected chi connectivity index (χ2v) is 9.96. The fourth-order valence-electron chi connectivity index (χ4n) is 3.59. The lowest BCUT2D eigenvalue weighted by Gasteiger charge is -2.27. The Morgan fingerprint density at radius 3 is 2.31 bits per heavy atom. The summed E-state index contributed by atoms with van der Waals surface area (Å²) in [5.74, 6) is 0.637. The number of alkyl halides is 1. The summed E-state index contributed by atoms with van der Waals surface area (Å²) < 4.78 is 18.7. The third-order valence-corrected chi connectivity index (χ3v) is 6.55. The van der Waals surface area contributed by atoms with Gasteiger partial charge in [-0.15, -0.1) is 11.6 Å². The van der Waals surface area contributed by atoms with Crippen molar-refractivity contribution in [2.75, 3.05) is 19.1 Å². The Bertz CT molecular complexity index is 1110. The fraction of sp³-hybridized carbons (Fsp3) is 0.385. The van der Waals surface area contributed by atoms with Crippen LogP contribution in [0.15, 0.2) is 55.1 Å². The standard InChI is InChI=1S/C26H29Cl3N2O5/c1-17(32)36-22(13-31-9-8-30-16-31)15-34-21-6-4-18(5-7-21)26(2,3)19-10-23(28)25(24(29)11-19)35-14-20(33)12-27/h4-11,16,20,22,33H,12-15H2,1-3H3/t20-,22+/m1/s1. The van der Waals surface area contributed by atoms with Crippen molar-refractivity contribution >= 4 is 40.8 Å². The smallest absolute Gasteiger partial charge is 0.303 e. The summed E-state index contributed by atoms with van der Waals surface area (Å²) in [5.41, 5.74) is 1.48. The molecule has 0 radical (unpaired) electrons. The van der Waals surface area contributed by atoms with Crippen LogP contribution in [-0.4, -0.2) is 51.9 Å². The Labute approximate surface area is 225 Å². The van der Waals surface area contributed by atoms with Crippen molar-refractivity contribution in [1.29, 1.82) is 0 Å². The minimum atomic E-state index is -0.814. The van der Waals surface area contributed by atoms with E-state index in [1.807, 2.05) is 28.8 Å². The maximum absolute atomic E-state index is 11.5. The molecule has 1 N–H and O–H groups in total. The van der Waals surface area contributed by atoms with E-state index in [9.17, 15) is 9.90 Å². The van der Waals surface area contributed by atoms with E-state index in [4.69, 9.17) is 49.0 Å². The number of carbonyl (C=O) groups excluding carboxylic acids is 1. The van der Waals surface area contributed by atoms with Gasteiger partial charge in [-0.05, 0) is 35.4 Å². The van der Waals surface area contributed by atoms with Gasteiger partial charge >= 0.3 is 5.97 Å². The first-order valence-corrected chi connectivity index (χ1v) is 12.6. The topological polar surface area (TPSA) is 82.8 Å². The Morgan fingerprint density at radius 1 is 1.08 bits per heavy atom. The van der Waals surface area contributed by atoms with Gasteiger partial charge in [0.1, 0.15) is 25.1 Å². The quantitative estimate of drug-likeness (QED) is 0.235. The minimum absolute atomic E-state index is 0.00617. The van der Waals surface area contributed by atoms with Crippen LogP contribution >= 0.6 is 34.8 Å². The average molecular weight is 556 g/mol. The number of carbonyl (C=O) groups is 1. The van der Waals surface area contributed by atoms with Crippen molar-refractivity contribution in [2.45, 2.75) is 44.9 Å². The highest BCUT2D eigenvalue weighted by Gasteiger charge is 2.26. The van der Waals surface area contributed by atoms with Crippen LogP contribution in [0.2, 0.25) is 10.0 Å². The van der Waals surface area contributed by atoms with Crippen molar-refractivity contribution in [3.8, 4) is 11.5 Å². The van der Waals surface area contributed by atoms with Gasteiger partial charge in [-0.1, -0.05) is 49.2 Å². The van der Waals surface area contributed by atoms with Crippen LogP contribution < -0.4 is 9.47 Å². The first-order valence-electron chi connectivity index (χ1n) is 11.3. The molecule has 0 spiro atoms. The van der Waals surface area contributed by atoms with E-state index in [-0.39, 0.29) is 25.1 Å². The van der Waals surface area contributed by atoms with Crippen LogP contribution in [0.4, 0.5) is 0 Å². The van der Waals surface area contributed by atoms with Gasteiger partial charge in [0.15, 0.2) is 11.9 Å². The molecule has 2 aromatic carbocycles. The number of benzene rings is 2. The van der Waals surface area contributed by atoms with Crippen LogP contribution in [0.3, 0.4) is 0 Å². The minimum Gasteiger partial charge on any atom is -0.490 e. The number of ether oxygens (including phenoxy) is 3. The molecule has 3 aromatic rings. The number of aromatic nitrogens is 2. The van der Waals surface area contributed by atoms with Crippen LogP contribution in [0.5, 0.6) is 11.5 Å². The van der Waals surface area contributed by atoms with Crippen LogP contribution in [-0.2, 0) is 21.5 Å². The Hall–Kier alpha value is -2.45. The predicted molar refractivity (Wildman–Crippen MR) is 141 cm³/mol. The van der Waals surface area contributed by atoms with Gasteiger partial charge in [0, 0.05) is 24.7 Å². The molecule has 10 heteroatoms. The van der Waals surface area contributed by atoms with Crippen molar-refractivity contribution < 1.29 is 24.1 Å². The molecule has 0 saturated carbocycles. The average Bonchev–Trinajstić information content (AvgIpc) is 3.34.